The Labute approximate surface area is 98.0 Å². The fourth-order valence-electron chi connectivity index (χ4n) is 1.48. The summed E-state index contributed by atoms with van der Waals surface area (Å²) in [6.07, 6.45) is 2.30. The van der Waals surface area contributed by atoms with Crippen molar-refractivity contribution < 1.29 is 4.79 Å². The van der Waals surface area contributed by atoms with Gasteiger partial charge >= 0.3 is 0 Å². The molecule has 0 saturated carbocycles. The largest absolute Gasteiger partial charge is 0.321 e. The van der Waals surface area contributed by atoms with Crippen LogP contribution in [0.3, 0.4) is 0 Å². The Balaban J connectivity index is 2.85. The number of aryl methyl sites for hydroxylation is 1. The predicted molar refractivity (Wildman–Crippen MR) is 62.7 cm³/mol. The minimum atomic E-state index is -0.448. The molecular formula is C10H16BrN3O. The summed E-state index contributed by atoms with van der Waals surface area (Å²) >= 11 is 3.29. The second-order valence-corrected chi connectivity index (χ2v) is 4.92. The monoisotopic (exact) mass is 273 g/mol. The fourth-order valence-corrected chi connectivity index (χ4v) is 2.02. The number of carbonyl (C=O) groups excluding carboxylic acids is 1. The van der Waals surface area contributed by atoms with Gasteiger partial charge in [-0.25, -0.2) is 0 Å². The van der Waals surface area contributed by atoms with E-state index >= 15 is 0 Å². The van der Waals surface area contributed by atoms with Crippen molar-refractivity contribution in [2.75, 3.05) is 0 Å². The average molecular weight is 274 g/mol. The topological polar surface area (TPSA) is 60.9 Å². The summed E-state index contributed by atoms with van der Waals surface area (Å²) in [5, 5.41) is 3.99. The van der Waals surface area contributed by atoms with Crippen molar-refractivity contribution in [3.05, 3.63) is 16.4 Å². The van der Waals surface area contributed by atoms with E-state index < -0.39 is 6.04 Å². The van der Waals surface area contributed by atoms with E-state index in [-0.39, 0.29) is 5.78 Å². The summed E-state index contributed by atoms with van der Waals surface area (Å²) < 4.78 is 2.25. The van der Waals surface area contributed by atoms with Gasteiger partial charge in [0.05, 0.1) is 16.7 Å². The van der Waals surface area contributed by atoms with E-state index in [9.17, 15) is 4.79 Å². The number of nitrogens with zero attached hydrogens (tertiary/aromatic N) is 2. The maximum absolute atomic E-state index is 12.0. The quantitative estimate of drug-likeness (QED) is 0.851. The molecule has 4 nitrogen and oxygen atoms in total. The third-order valence-corrected chi connectivity index (χ3v) is 2.77. The molecule has 0 radical (unpaired) electrons. The van der Waals surface area contributed by atoms with Crippen molar-refractivity contribution in [2.45, 2.75) is 26.3 Å². The van der Waals surface area contributed by atoms with E-state index in [1.54, 1.807) is 17.9 Å². The average Bonchev–Trinajstić information content (AvgIpc) is 2.44. The number of nitrogens with two attached hydrogens (primary N) is 1. The van der Waals surface area contributed by atoms with E-state index in [1.165, 1.54) is 0 Å². The van der Waals surface area contributed by atoms with E-state index in [0.717, 1.165) is 0 Å². The van der Waals surface area contributed by atoms with Crippen LogP contribution in [0.25, 0.3) is 0 Å². The molecule has 0 aliphatic heterocycles. The molecular weight excluding hydrogens is 258 g/mol. The van der Waals surface area contributed by atoms with Crippen LogP contribution < -0.4 is 5.73 Å². The van der Waals surface area contributed by atoms with Gasteiger partial charge in [-0.15, -0.1) is 0 Å². The van der Waals surface area contributed by atoms with Crippen LogP contribution in [0.1, 0.15) is 30.8 Å². The molecule has 1 aromatic rings. The van der Waals surface area contributed by atoms with Crippen LogP contribution in [-0.4, -0.2) is 21.6 Å². The molecule has 0 aromatic carbocycles. The van der Waals surface area contributed by atoms with Gasteiger partial charge in [0, 0.05) is 7.05 Å². The summed E-state index contributed by atoms with van der Waals surface area (Å²) in [6, 6.07) is -0.448. The van der Waals surface area contributed by atoms with Gasteiger partial charge in [-0.1, -0.05) is 13.8 Å². The van der Waals surface area contributed by atoms with Crippen LogP contribution in [0.2, 0.25) is 0 Å². The molecule has 1 unspecified atom stereocenters. The normalized spacial score (nSPS) is 13.2. The number of Topliss-reactive ketones (excluding diaryl/α,β-unsaturated/α-hetero) is 1. The zero-order valence-corrected chi connectivity index (χ0v) is 10.8. The zero-order valence-electron chi connectivity index (χ0n) is 9.20. The summed E-state index contributed by atoms with van der Waals surface area (Å²) in [5.41, 5.74) is 6.38. The van der Waals surface area contributed by atoms with Crippen molar-refractivity contribution in [3.63, 3.8) is 0 Å². The Morgan fingerprint density at radius 1 is 1.67 bits per heavy atom. The molecule has 0 amide bonds. The van der Waals surface area contributed by atoms with Gasteiger partial charge in [-0.3, -0.25) is 9.48 Å². The molecule has 15 heavy (non-hydrogen) atoms. The van der Waals surface area contributed by atoms with Crippen LogP contribution in [0.4, 0.5) is 0 Å². The minimum absolute atomic E-state index is 0.0597. The second kappa shape index (κ2) is 4.90. The van der Waals surface area contributed by atoms with Crippen molar-refractivity contribution in [2.24, 2.45) is 18.7 Å². The van der Waals surface area contributed by atoms with Crippen molar-refractivity contribution >= 4 is 21.7 Å². The van der Waals surface area contributed by atoms with Crippen molar-refractivity contribution in [1.29, 1.82) is 0 Å². The summed E-state index contributed by atoms with van der Waals surface area (Å²) in [4.78, 5) is 12.0. The minimum Gasteiger partial charge on any atom is -0.321 e. The molecule has 1 atom stereocenters. The van der Waals surface area contributed by atoms with Gasteiger partial charge in [-0.2, -0.15) is 5.10 Å². The maximum Gasteiger partial charge on any atom is 0.198 e. The van der Waals surface area contributed by atoms with Crippen LogP contribution in [0, 0.1) is 5.92 Å². The summed E-state index contributed by atoms with van der Waals surface area (Å²) in [7, 11) is 1.74. The van der Waals surface area contributed by atoms with E-state index in [4.69, 9.17) is 5.73 Å². The van der Waals surface area contributed by atoms with E-state index in [2.05, 4.69) is 21.0 Å². The van der Waals surface area contributed by atoms with Gasteiger partial charge in [0.1, 0.15) is 5.69 Å². The number of hydrogen-bond donors (Lipinski definition) is 1. The number of carbonyl (C=O) groups is 1. The molecule has 5 heteroatoms. The van der Waals surface area contributed by atoms with Crippen LogP contribution >= 0.6 is 15.9 Å². The van der Waals surface area contributed by atoms with E-state index in [1.807, 2.05) is 13.8 Å². The van der Waals surface area contributed by atoms with Crippen LogP contribution in [0.15, 0.2) is 10.7 Å². The highest BCUT2D eigenvalue weighted by molar-refractivity contribution is 9.10. The van der Waals surface area contributed by atoms with Crippen molar-refractivity contribution in [1.82, 2.24) is 9.78 Å². The fraction of sp³-hybridized carbons (Fsp3) is 0.600. The Morgan fingerprint density at radius 3 is 2.67 bits per heavy atom. The number of rotatable bonds is 4. The lowest BCUT2D eigenvalue weighted by Crippen LogP contribution is -2.33. The summed E-state index contributed by atoms with van der Waals surface area (Å²) in [5.74, 6) is 0.353. The molecule has 0 aliphatic carbocycles. The highest BCUT2D eigenvalue weighted by Crippen LogP contribution is 2.18. The standard InChI is InChI=1S/C10H16BrN3O/c1-6(2)4-8(12)10(15)9-7(11)5-13-14(9)3/h5-6,8H,4,12H2,1-3H3. The Hall–Kier alpha value is -0.680. The second-order valence-electron chi connectivity index (χ2n) is 4.07. The van der Waals surface area contributed by atoms with E-state index in [0.29, 0.717) is 22.5 Å². The lowest BCUT2D eigenvalue weighted by atomic mass is 9.99. The highest BCUT2D eigenvalue weighted by atomic mass is 79.9. The molecule has 0 fully saturated rings. The molecule has 1 aromatic heterocycles. The Bertz CT molecular complexity index is 340. The first-order valence-corrected chi connectivity index (χ1v) is 5.70. The number of halogens is 1. The third-order valence-electron chi connectivity index (χ3n) is 2.19. The number of ketones is 1. The summed E-state index contributed by atoms with van der Waals surface area (Å²) in [6.45, 7) is 4.09. The Morgan fingerprint density at radius 2 is 2.27 bits per heavy atom. The molecule has 0 saturated heterocycles. The first kappa shape index (κ1) is 12.4. The number of hydrogen-bond acceptors (Lipinski definition) is 3. The van der Waals surface area contributed by atoms with Gasteiger partial charge in [-0.05, 0) is 28.3 Å². The molecule has 84 valence electrons. The zero-order chi connectivity index (χ0) is 11.6. The smallest absolute Gasteiger partial charge is 0.198 e. The first-order chi connectivity index (χ1) is 6.93. The molecule has 0 spiro atoms. The predicted octanol–water partition coefficient (Wildman–Crippen LogP) is 1.74. The number of aromatic nitrogens is 2. The first-order valence-electron chi connectivity index (χ1n) is 4.90. The van der Waals surface area contributed by atoms with Gasteiger partial charge < -0.3 is 5.73 Å². The van der Waals surface area contributed by atoms with Gasteiger partial charge in [0.25, 0.3) is 0 Å². The lowest BCUT2D eigenvalue weighted by molar-refractivity contribution is 0.0941. The molecule has 2 N–H and O–H groups in total. The molecule has 1 rings (SSSR count). The lowest BCUT2D eigenvalue weighted by Gasteiger charge is -2.13. The molecule has 0 bridgehead atoms. The van der Waals surface area contributed by atoms with Gasteiger partial charge in [0.2, 0.25) is 0 Å². The van der Waals surface area contributed by atoms with Crippen LogP contribution in [-0.2, 0) is 7.05 Å². The van der Waals surface area contributed by atoms with Crippen molar-refractivity contribution in [3.8, 4) is 0 Å². The molecule has 0 aliphatic rings. The molecule has 1 heterocycles. The van der Waals surface area contributed by atoms with Gasteiger partial charge in [0.15, 0.2) is 5.78 Å². The maximum atomic E-state index is 12.0. The highest BCUT2D eigenvalue weighted by Gasteiger charge is 2.22. The third kappa shape index (κ3) is 2.89. The Kier molecular flexibility index (Phi) is 4.04. The SMILES string of the molecule is CC(C)CC(N)C(=O)c1c(Br)cnn1C. The van der Waals surface area contributed by atoms with Crippen LogP contribution in [0.5, 0.6) is 0 Å².